The van der Waals surface area contributed by atoms with E-state index in [1.54, 1.807) is 0 Å². The van der Waals surface area contributed by atoms with E-state index in [1.165, 1.54) is 22.3 Å². The standard InChI is InChI=1S/C34H28N2/c1-3-13-29(14-4-1)35-33-23-27(21-19-25-11-7-9-17-31(25)33)28-22-20-26-12-8-10-18-32(26)34(24-28)36-30-15-5-2-6-16-30/h1-24,27-28,35-36H. The molecule has 2 unspecified atom stereocenters. The Morgan fingerprint density at radius 3 is 1.25 bits per heavy atom. The molecule has 0 saturated carbocycles. The molecule has 2 atom stereocenters. The normalized spacial score (nSPS) is 18.1. The highest BCUT2D eigenvalue weighted by Gasteiger charge is 2.22. The number of hydrogen-bond donors (Lipinski definition) is 2. The molecule has 0 aromatic heterocycles. The number of nitrogens with one attached hydrogen (secondary N) is 2. The van der Waals surface area contributed by atoms with Gasteiger partial charge in [-0.1, -0.05) is 121 Å². The van der Waals surface area contributed by atoms with Gasteiger partial charge in [0.15, 0.2) is 0 Å². The number of para-hydroxylation sites is 2. The van der Waals surface area contributed by atoms with E-state index in [1.807, 2.05) is 12.1 Å². The van der Waals surface area contributed by atoms with Crippen LogP contribution in [0.5, 0.6) is 0 Å². The van der Waals surface area contributed by atoms with Crippen LogP contribution in [-0.2, 0) is 0 Å². The lowest BCUT2D eigenvalue weighted by Crippen LogP contribution is -2.09. The van der Waals surface area contributed by atoms with E-state index in [2.05, 4.69) is 144 Å². The van der Waals surface area contributed by atoms with Gasteiger partial charge in [0.1, 0.15) is 0 Å². The molecule has 0 fully saturated rings. The number of hydrogen-bond acceptors (Lipinski definition) is 2. The average molecular weight is 465 g/mol. The van der Waals surface area contributed by atoms with Crippen LogP contribution in [0, 0.1) is 11.8 Å². The second-order valence-corrected chi connectivity index (χ2v) is 9.19. The Kier molecular flexibility index (Phi) is 6.08. The van der Waals surface area contributed by atoms with Gasteiger partial charge in [0.25, 0.3) is 0 Å². The summed E-state index contributed by atoms with van der Waals surface area (Å²) in [5.41, 5.74) is 9.32. The minimum atomic E-state index is 0.182. The Morgan fingerprint density at radius 1 is 0.417 bits per heavy atom. The van der Waals surface area contributed by atoms with Crippen LogP contribution in [0.15, 0.2) is 133 Å². The lowest BCUT2D eigenvalue weighted by molar-refractivity contribution is 0.684. The summed E-state index contributed by atoms with van der Waals surface area (Å²) in [5, 5.41) is 7.38. The Morgan fingerprint density at radius 2 is 0.806 bits per heavy atom. The highest BCUT2D eigenvalue weighted by atomic mass is 14.9. The van der Waals surface area contributed by atoms with Gasteiger partial charge in [-0.25, -0.2) is 0 Å². The van der Waals surface area contributed by atoms with Gasteiger partial charge < -0.3 is 10.6 Å². The maximum Gasteiger partial charge on any atom is 0.0429 e. The van der Waals surface area contributed by atoms with Crippen LogP contribution >= 0.6 is 0 Å². The first kappa shape index (κ1) is 21.9. The zero-order chi connectivity index (χ0) is 24.2. The molecule has 36 heavy (non-hydrogen) atoms. The highest BCUT2D eigenvalue weighted by molar-refractivity contribution is 5.85. The van der Waals surface area contributed by atoms with E-state index >= 15 is 0 Å². The van der Waals surface area contributed by atoms with Crippen molar-refractivity contribution in [3.8, 4) is 0 Å². The lowest BCUT2D eigenvalue weighted by Gasteiger charge is -2.19. The van der Waals surface area contributed by atoms with Crippen LogP contribution in [0.4, 0.5) is 11.4 Å². The van der Waals surface area contributed by atoms with Gasteiger partial charge in [-0.3, -0.25) is 0 Å². The van der Waals surface area contributed by atoms with Crippen molar-refractivity contribution in [3.63, 3.8) is 0 Å². The van der Waals surface area contributed by atoms with Gasteiger partial charge in [-0.2, -0.15) is 0 Å². The summed E-state index contributed by atoms with van der Waals surface area (Å²) >= 11 is 0. The Hall–Kier alpha value is -4.56. The molecular formula is C34H28N2. The van der Waals surface area contributed by atoms with Crippen LogP contribution < -0.4 is 10.6 Å². The molecular weight excluding hydrogens is 436 g/mol. The largest absolute Gasteiger partial charge is 0.355 e. The fraction of sp³-hybridized carbons (Fsp3) is 0.0588. The predicted octanol–water partition coefficient (Wildman–Crippen LogP) is 8.58. The Bertz CT molecular complexity index is 1360. The van der Waals surface area contributed by atoms with Crippen molar-refractivity contribution in [1.29, 1.82) is 0 Å². The van der Waals surface area contributed by atoms with Crippen LogP contribution in [0.25, 0.3) is 23.5 Å². The third kappa shape index (κ3) is 4.67. The van der Waals surface area contributed by atoms with E-state index in [9.17, 15) is 0 Å². The van der Waals surface area contributed by atoms with Crippen LogP contribution in [-0.4, -0.2) is 0 Å². The van der Waals surface area contributed by atoms with Gasteiger partial charge in [-0.05, 0) is 35.4 Å². The number of fused-ring (bicyclic) bond motifs is 2. The van der Waals surface area contributed by atoms with Crippen LogP contribution in [0.2, 0.25) is 0 Å². The summed E-state index contributed by atoms with van der Waals surface area (Å²) in [4.78, 5) is 0. The van der Waals surface area contributed by atoms with Crippen molar-refractivity contribution in [1.82, 2.24) is 0 Å². The van der Waals surface area contributed by atoms with Crippen LogP contribution in [0.1, 0.15) is 22.3 Å². The molecule has 0 saturated heterocycles. The molecule has 2 aliphatic carbocycles. The van der Waals surface area contributed by atoms with E-state index in [0.717, 1.165) is 22.8 Å². The number of rotatable bonds is 5. The quantitative estimate of drug-likeness (QED) is 0.309. The fourth-order valence-electron chi connectivity index (χ4n) is 4.93. The second-order valence-electron chi connectivity index (χ2n) is 9.19. The highest BCUT2D eigenvalue weighted by Crippen LogP contribution is 2.35. The monoisotopic (exact) mass is 464 g/mol. The van der Waals surface area contributed by atoms with E-state index in [0.29, 0.717) is 0 Å². The lowest BCUT2D eigenvalue weighted by atomic mass is 9.90. The minimum absolute atomic E-state index is 0.182. The maximum absolute atomic E-state index is 3.69. The van der Waals surface area contributed by atoms with Gasteiger partial charge >= 0.3 is 0 Å². The molecule has 4 aromatic carbocycles. The molecule has 4 aromatic rings. The van der Waals surface area contributed by atoms with E-state index in [-0.39, 0.29) is 11.8 Å². The second kappa shape index (κ2) is 9.97. The minimum Gasteiger partial charge on any atom is -0.355 e. The summed E-state index contributed by atoms with van der Waals surface area (Å²) < 4.78 is 0. The fourth-order valence-corrected chi connectivity index (χ4v) is 4.93. The van der Waals surface area contributed by atoms with Gasteiger partial charge in [0.2, 0.25) is 0 Å². The molecule has 2 aliphatic rings. The molecule has 0 radical (unpaired) electrons. The van der Waals surface area contributed by atoms with Crippen molar-refractivity contribution < 1.29 is 0 Å². The smallest absolute Gasteiger partial charge is 0.0429 e. The van der Waals surface area contributed by atoms with Gasteiger partial charge in [0.05, 0.1) is 0 Å². The maximum atomic E-state index is 3.69. The van der Waals surface area contributed by atoms with Gasteiger partial charge in [-0.15, -0.1) is 0 Å². The first-order valence-corrected chi connectivity index (χ1v) is 12.5. The van der Waals surface area contributed by atoms with Crippen LogP contribution in [0.3, 0.4) is 0 Å². The summed E-state index contributed by atoms with van der Waals surface area (Å²) in [6, 6.07) is 38.0. The summed E-state index contributed by atoms with van der Waals surface area (Å²) in [6.45, 7) is 0. The zero-order valence-electron chi connectivity index (χ0n) is 20.0. The van der Waals surface area contributed by atoms with Crippen molar-refractivity contribution >= 4 is 34.9 Å². The number of allylic oxidation sites excluding steroid dienone is 4. The summed E-state index contributed by atoms with van der Waals surface area (Å²) in [5.74, 6) is 0.364. The molecule has 2 heteroatoms. The predicted molar refractivity (Wildman–Crippen MR) is 154 cm³/mol. The van der Waals surface area contributed by atoms with Crippen molar-refractivity contribution in [2.75, 3.05) is 10.6 Å². The molecule has 0 spiro atoms. The molecule has 2 N–H and O–H groups in total. The average Bonchev–Trinajstić information content (AvgIpc) is 3.23. The summed E-state index contributed by atoms with van der Waals surface area (Å²) in [6.07, 6.45) is 13.9. The molecule has 2 nitrogen and oxygen atoms in total. The van der Waals surface area contributed by atoms with Crippen molar-refractivity contribution in [2.45, 2.75) is 0 Å². The molecule has 0 heterocycles. The topological polar surface area (TPSA) is 24.1 Å². The molecule has 0 amide bonds. The first-order valence-electron chi connectivity index (χ1n) is 12.5. The molecule has 0 aliphatic heterocycles. The molecule has 0 bridgehead atoms. The van der Waals surface area contributed by atoms with Crippen molar-refractivity contribution in [2.24, 2.45) is 11.8 Å². The molecule has 174 valence electrons. The number of anilines is 2. The summed E-state index contributed by atoms with van der Waals surface area (Å²) in [7, 11) is 0. The van der Waals surface area contributed by atoms with Crippen molar-refractivity contribution in [3.05, 3.63) is 156 Å². The zero-order valence-corrected chi connectivity index (χ0v) is 20.0. The SMILES string of the molecule is C1=CC(C2C=Cc3ccccc3C(Nc3ccccc3)=C2)C=C(Nc2ccccc2)c2ccccc21. The first-order chi connectivity index (χ1) is 17.8. The van der Waals surface area contributed by atoms with Gasteiger partial charge in [0, 0.05) is 45.7 Å². The molecule has 6 rings (SSSR count). The van der Waals surface area contributed by atoms with E-state index < -0.39 is 0 Å². The Balaban J connectivity index is 1.42. The number of benzene rings is 4. The third-order valence-corrected chi connectivity index (χ3v) is 6.77. The Labute approximate surface area is 213 Å². The third-order valence-electron chi connectivity index (χ3n) is 6.77. The van der Waals surface area contributed by atoms with E-state index in [4.69, 9.17) is 0 Å².